The molecule has 0 aliphatic rings. The molecule has 8 heteroatoms. The number of aryl methyl sites for hydroxylation is 1. The molecule has 20 heavy (non-hydrogen) atoms. The second kappa shape index (κ2) is 6.02. The number of hydrogen-bond donors (Lipinski definition) is 2. The molecular formula is C12H12N2O4S2. The molecule has 6 nitrogen and oxygen atoms in total. The first-order chi connectivity index (χ1) is 9.52. The van der Waals surface area contributed by atoms with Gasteiger partial charge in [0, 0.05) is 0 Å². The number of amides is 1. The Morgan fingerprint density at radius 1 is 1.45 bits per heavy atom. The molecule has 2 aromatic rings. The number of carbonyl (C=O) groups is 2. The lowest BCUT2D eigenvalue weighted by Crippen LogP contribution is -2.22. The standard InChI is InChI=1S/C12H12N2O4S2/c1-6-9(12(16)17)20-8(14-6)5-13-11(15)10-7(18-2)3-4-19-10/h3-4H,5H2,1-2H3,(H,13,15)(H,16,17). The van der Waals surface area contributed by atoms with Crippen LogP contribution in [0.3, 0.4) is 0 Å². The highest BCUT2D eigenvalue weighted by atomic mass is 32.1. The first-order valence-corrected chi connectivity index (χ1v) is 7.31. The van der Waals surface area contributed by atoms with E-state index in [1.165, 1.54) is 18.4 Å². The molecule has 2 rings (SSSR count). The molecular weight excluding hydrogens is 300 g/mol. The largest absolute Gasteiger partial charge is 0.495 e. The van der Waals surface area contributed by atoms with Gasteiger partial charge in [-0.25, -0.2) is 9.78 Å². The molecule has 0 saturated heterocycles. The van der Waals surface area contributed by atoms with Gasteiger partial charge >= 0.3 is 5.97 Å². The van der Waals surface area contributed by atoms with Crippen molar-refractivity contribution in [3.05, 3.63) is 31.9 Å². The van der Waals surface area contributed by atoms with E-state index in [9.17, 15) is 9.59 Å². The Morgan fingerprint density at radius 3 is 2.80 bits per heavy atom. The molecule has 2 N–H and O–H groups in total. The van der Waals surface area contributed by atoms with E-state index in [1.807, 2.05) is 0 Å². The zero-order valence-electron chi connectivity index (χ0n) is 10.8. The molecule has 0 radical (unpaired) electrons. The first-order valence-electron chi connectivity index (χ1n) is 5.62. The lowest BCUT2D eigenvalue weighted by Gasteiger charge is -2.03. The summed E-state index contributed by atoms with van der Waals surface area (Å²) in [5.41, 5.74) is 0.459. The van der Waals surface area contributed by atoms with Gasteiger partial charge in [-0.2, -0.15) is 0 Å². The lowest BCUT2D eigenvalue weighted by atomic mass is 10.4. The molecule has 2 heterocycles. The number of carbonyl (C=O) groups excluding carboxylic acids is 1. The van der Waals surface area contributed by atoms with E-state index in [0.717, 1.165) is 11.3 Å². The topological polar surface area (TPSA) is 88.5 Å². The molecule has 0 aliphatic heterocycles. The number of aromatic nitrogens is 1. The van der Waals surface area contributed by atoms with Crippen LogP contribution in [0.4, 0.5) is 0 Å². The maximum absolute atomic E-state index is 12.0. The van der Waals surface area contributed by atoms with Gasteiger partial charge < -0.3 is 15.2 Å². The zero-order valence-corrected chi connectivity index (χ0v) is 12.4. The molecule has 106 valence electrons. The summed E-state index contributed by atoms with van der Waals surface area (Å²) in [6.45, 7) is 1.83. The van der Waals surface area contributed by atoms with Gasteiger partial charge in [-0.3, -0.25) is 4.79 Å². The van der Waals surface area contributed by atoms with Gasteiger partial charge in [0.15, 0.2) is 0 Å². The predicted octanol–water partition coefficient (Wildman–Crippen LogP) is 2.15. The van der Waals surface area contributed by atoms with Crippen LogP contribution in [0.5, 0.6) is 5.75 Å². The highest BCUT2D eigenvalue weighted by Gasteiger charge is 2.16. The molecule has 0 unspecified atom stereocenters. The third-order valence-corrected chi connectivity index (χ3v) is 4.53. The van der Waals surface area contributed by atoms with E-state index in [1.54, 1.807) is 18.4 Å². The number of methoxy groups -OCH3 is 1. The highest BCUT2D eigenvalue weighted by Crippen LogP contribution is 2.24. The van der Waals surface area contributed by atoms with Crippen molar-refractivity contribution in [2.24, 2.45) is 0 Å². The second-order valence-electron chi connectivity index (χ2n) is 3.83. The molecule has 0 atom stereocenters. The third kappa shape index (κ3) is 2.97. The van der Waals surface area contributed by atoms with Crippen LogP contribution in [0.15, 0.2) is 11.4 Å². The summed E-state index contributed by atoms with van der Waals surface area (Å²) in [7, 11) is 1.50. The highest BCUT2D eigenvalue weighted by molar-refractivity contribution is 7.13. The van der Waals surface area contributed by atoms with Crippen LogP contribution in [-0.2, 0) is 6.54 Å². The van der Waals surface area contributed by atoms with Crippen LogP contribution in [0.1, 0.15) is 30.0 Å². The summed E-state index contributed by atoms with van der Waals surface area (Å²) in [5, 5.41) is 14.0. The van der Waals surface area contributed by atoms with Crippen molar-refractivity contribution in [1.29, 1.82) is 0 Å². The summed E-state index contributed by atoms with van der Waals surface area (Å²) in [4.78, 5) is 27.7. The average Bonchev–Trinajstić information content (AvgIpc) is 3.01. The minimum atomic E-state index is -1.00. The van der Waals surface area contributed by atoms with Crippen LogP contribution in [0, 0.1) is 6.92 Å². The van der Waals surface area contributed by atoms with Gasteiger partial charge in [0.2, 0.25) is 0 Å². The second-order valence-corrected chi connectivity index (χ2v) is 5.83. The summed E-state index contributed by atoms with van der Waals surface area (Å²) >= 11 is 2.35. The van der Waals surface area contributed by atoms with Gasteiger partial charge in [0.25, 0.3) is 5.91 Å². The average molecular weight is 312 g/mol. The summed E-state index contributed by atoms with van der Waals surface area (Å²) < 4.78 is 5.07. The van der Waals surface area contributed by atoms with E-state index < -0.39 is 5.97 Å². The molecule has 0 spiro atoms. The lowest BCUT2D eigenvalue weighted by molar-refractivity contribution is 0.0701. The summed E-state index contributed by atoms with van der Waals surface area (Å²) in [6, 6.07) is 1.72. The fourth-order valence-corrected chi connectivity index (χ4v) is 3.20. The Kier molecular flexibility index (Phi) is 4.35. The molecule has 0 fully saturated rings. The van der Waals surface area contributed by atoms with Crippen molar-refractivity contribution in [2.75, 3.05) is 7.11 Å². The van der Waals surface area contributed by atoms with Crippen molar-refractivity contribution in [1.82, 2.24) is 10.3 Å². The number of aromatic carboxylic acids is 1. The molecule has 0 saturated carbocycles. The number of hydrogen-bond acceptors (Lipinski definition) is 6. The number of rotatable bonds is 5. The molecule has 0 bridgehead atoms. The van der Waals surface area contributed by atoms with Gasteiger partial charge in [0.05, 0.1) is 19.3 Å². The quantitative estimate of drug-likeness (QED) is 0.883. The molecule has 0 aliphatic carbocycles. The number of carboxylic acids is 1. The fraction of sp³-hybridized carbons (Fsp3) is 0.250. The minimum absolute atomic E-state index is 0.193. The number of carboxylic acid groups (broad SMARTS) is 1. The maximum atomic E-state index is 12.0. The third-order valence-electron chi connectivity index (χ3n) is 2.49. The van der Waals surface area contributed by atoms with Gasteiger partial charge in [-0.15, -0.1) is 22.7 Å². The van der Waals surface area contributed by atoms with Crippen LogP contribution in [0.2, 0.25) is 0 Å². The number of thiazole rings is 1. The van der Waals surface area contributed by atoms with Crippen molar-refractivity contribution in [3.8, 4) is 5.75 Å². The Morgan fingerprint density at radius 2 is 2.20 bits per heavy atom. The minimum Gasteiger partial charge on any atom is -0.495 e. The molecule has 1 amide bonds. The predicted molar refractivity (Wildman–Crippen MR) is 75.9 cm³/mol. The van der Waals surface area contributed by atoms with Gasteiger partial charge in [-0.1, -0.05) is 0 Å². The Labute approximate surface area is 123 Å². The van der Waals surface area contributed by atoms with Crippen LogP contribution < -0.4 is 10.1 Å². The van der Waals surface area contributed by atoms with Crippen molar-refractivity contribution >= 4 is 34.6 Å². The molecule has 0 aromatic carbocycles. The number of nitrogens with one attached hydrogen (secondary N) is 1. The Balaban J connectivity index is 2.04. The maximum Gasteiger partial charge on any atom is 0.347 e. The first kappa shape index (κ1) is 14.5. The smallest absolute Gasteiger partial charge is 0.347 e. The van der Waals surface area contributed by atoms with E-state index in [-0.39, 0.29) is 17.3 Å². The molecule has 2 aromatic heterocycles. The van der Waals surface area contributed by atoms with Crippen molar-refractivity contribution in [2.45, 2.75) is 13.5 Å². The van der Waals surface area contributed by atoms with Crippen LogP contribution in [0.25, 0.3) is 0 Å². The summed E-state index contributed by atoms with van der Waals surface area (Å²) in [5.74, 6) is -0.742. The van der Waals surface area contributed by atoms with E-state index in [4.69, 9.17) is 9.84 Å². The number of ether oxygens (including phenoxy) is 1. The number of nitrogens with zero attached hydrogens (tertiary/aromatic N) is 1. The fourth-order valence-electron chi connectivity index (χ4n) is 1.59. The van der Waals surface area contributed by atoms with E-state index in [0.29, 0.717) is 21.3 Å². The van der Waals surface area contributed by atoms with Crippen molar-refractivity contribution < 1.29 is 19.4 Å². The van der Waals surface area contributed by atoms with Crippen LogP contribution in [-0.4, -0.2) is 29.1 Å². The van der Waals surface area contributed by atoms with Gasteiger partial charge in [0.1, 0.15) is 20.5 Å². The van der Waals surface area contributed by atoms with E-state index >= 15 is 0 Å². The number of thiophene rings is 1. The van der Waals surface area contributed by atoms with Crippen molar-refractivity contribution in [3.63, 3.8) is 0 Å². The SMILES string of the molecule is COc1ccsc1C(=O)NCc1nc(C)c(C(=O)O)s1. The van der Waals surface area contributed by atoms with Gasteiger partial charge in [-0.05, 0) is 18.4 Å². The zero-order chi connectivity index (χ0) is 14.7. The van der Waals surface area contributed by atoms with Crippen LogP contribution >= 0.6 is 22.7 Å². The monoisotopic (exact) mass is 312 g/mol. The van der Waals surface area contributed by atoms with E-state index in [2.05, 4.69) is 10.3 Å². The Bertz CT molecular complexity index is 648. The summed E-state index contributed by atoms with van der Waals surface area (Å²) in [6.07, 6.45) is 0. The normalized spacial score (nSPS) is 10.3. The Hall–Kier alpha value is -1.93.